The fraction of sp³-hybridized carbons (Fsp3) is 0.600. The summed E-state index contributed by atoms with van der Waals surface area (Å²) in [6, 6.07) is 8.49. The van der Waals surface area contributed by atoms with Gasteiger partial charge in [0.2, 0.25) is 0 Å². The van der Waals surface area contributed by atoms with Crippen molar-refractivity contribution in [3.05, 3.63) is 29.8 Å². The van der Waals surface area contributed by atoms with Gasteiger partial charge in [-0.3, -0.25) is 0 Å². The van der Waals surface area contributed by atoms with Crippen LogP contribution in [0, 0.1) is 0 Å². The average molecular weight is 249 g/mol. The van der Waals surface area contributed by atoms with Crippen molar-refractivity contribution in [2.24, 2.45) is 0 Å². The van der Waals surface area contributed by atoms with Gasteiger partial charge in [-0.2, -0.15) is 0 Å². The van der Waals surface area contributed by atoms with Crippen LogP contribution < -0.4 is 10.1 Å². The Labute approximate surface area is 109 Å². The Hall–Kier alpha value is -1.06. The lowest BCUT2D eigenvalue weighted by Crippen LogP contribution is -2.33. The van der Waals surface area contributed by atoms with E-state index in [9.17, 15) is 5.11 Å². The number of aliphatic hydroxyl groups is 1. The van der Waals surface area contributed by atoms with Crippen LogP contribution in [0.2, 0.25) is 0 Å². The van der Waals surface area contributed by atoms with Crippen molar-refractivity contribution < 1.29 is 9.84 Å². The fourth-order valence-electron chi connectivity index (χ4n) is 2.67. The van der Waals surface area contributed by atoms with E-state index in [1.807, 2.05) is 31.2 Å². The predicted molar refractivity (Wildman–Crippen MR) is 72.8 cm³/mol. The summed E-state index contributed by atoms with van der Waals surface area (Å²) in [5.41, 5.74) is 1.06. The Kier molecular flexibility index (Phi) is 5.02. The van der Waals surface area contributed by atoms with E-state index in [0.29, 0.717) is 12.6 Å². The zero-order valence-corrected chi connectivity index (χ0v) is 11.1. The molecule has 0 saturated heterocycles. The fourth-order valence-corrected chi connectivity index (χ4v) is 2.67. The average Bonchev–Trinajstić information content (AvgIpc) is 2.90. The van der Waals surface area contributed by atoms with Gasteiger partial charge >= 0.3 is 0 Å². The SMILES string of the molecule is CCOc1ccccc1C(CO)NC1CCCC1. The highest BCUT2D eigenvalue weighted by Crippen LogP contribution is 2.27. The molecule has 1 saturated carbocycles. The van der Waals surface area contributed by atoms with Crippen LogP contribution in [0.15, 0.2) is 24.3 Å². The van der Waals surface area contributed by atoms with Gasteiger partial charge in [0, 0.05) is 11.6 Å². The van der Waals surface area contributed by atoms with E-state index in [-0.39, 0.29) is 12.6 Å². The molecule has 0 bridgehead atoms. The molecule has 18 heavy (non-hydrogen) atoms. The van der Waals surface area contributed by atoms with Crippen LogP contribution in [-0.4, -0.2) is 24.4 Å². The van der Waals surface area contributed by atoms with Gasteiger partial charge < -0.3 is 15.2 Å². The second-order valence-electron chi connectivity index (χ2n) is 4.85. The van der Waals surface area contributed by atoms with Gasteiger partial charge in [-0.05, 0) is 25.8 Å². The minimum atomic E-state index is -0.0177. The zero-order chi connectivity index (χ0) is 12.8. The smallest absolute Gasteiger partial charge is 0.124 e. The third-order valence-corrected chi connectivity index (χ3v) is 3.57. The molecule has 100 valence electrons. The van der Waals surface area contributed by atoms with Crippen molar-refractivity contribution in [1.29, 1.82) is 0 Å². The van der Waals surface area contributed by atoms with E-state index in [4.69, 9.17) is 4.74 Å². The topological polar surface area (TPSA) is 41.5 Å². The molecule has 2 rings (SSSR count). The van der Waals surface area contributed by atoms with E-state index in [1.165, 1.54) is 25.7 Å². The Bertz CT molecular complexity index is 361. The predicted octanol–water partition coefficient (Wildman–Crippen LogP) is 2.65. The van der Waals surface area contributed by atoms with Crippen LogP contribution in [0.1, 0.15) is 44.2 Å². The van der Waals surface area contributed by atoms with E-state index in [1.54, 1.807) is 0 Å². The lowest BCUT2D eigenvalue weighted by Gasteiger charge is -2.23. The molecule has 0 aromatic heterocycles. The van der Waals surface area contributed by atoms with Gasteiger partial charge in [0.25, 0.3) is 0 Å². The Balaban J connectivity index is 2.10. The number of ether oxygens (including phenoxy) is 1. The molecular formula is C15H23NO2. The van der Waals surface area contributed by atoms with Gasteiger partial charge in [0.15, 0.2) is 0 Å². The number of rotatable bonds is 6. The second-order valence-corrected chi connectivity index (χ2v) is 4.85. The zero-order valence-electron chi connectivity index (χ0n) is 11.1. The molecule has 1 aliphatic carbocycles. The van der Waals surface area contributed by atoms with Crippen LogP contribution in [0.25, 0.3) is 0 Å². The molecule has 3 nitrogen and oxygen atoms in total. The van der Waals surface area contributed by atoms with Crippen LogP contribution in [-0.2, 0) is 0 Å². The van der Waals surface area contributed by atoms with Crippen molar-refractivity contribution >= 4 is 0 Å². The molecular weight excluding hydrogens is 226 g/mol. The first-order chi connectivity index (χ1) is 8.85. The van der Waals surface area contributed by atoms with E-state index in [2.05, 4.69) is 5.32 Å². The molecule has 0 amide bonds. The molecule has 1 atom stereocenters. The third kappa shape index (κ3) is 3.24. The largest absolute Gasteiger partial charge is 0.494 e. The Morgan fingerprint density at radius 3 is 2.72 bits per heavy atom. The molecule has 2 N–H and O–H groups in total. The third-order valence-electron chi connectivity index (χ3n) is 3.57. The number of nitrogens with one attached hydrogen (secondary N) is 1. The number of hydrogen-bond acceptors (Lipinski definition) is 3. The molecule has 1 fully saturated rings. The van der Waals surface area contributed by atoms with Crippen molar-refractivity contribution in [1.82, 2.24) is 5.32 Å². The molecule has 0 radical (unpaired) electrons. The normalized spacial score (nSPS) is 17.9. The van der Waals surface area contributed by atoms with Crippen LogP contribution >= 0.6 is 0 Å². The van der Waals surface area contributed by atoms with E-state index < -0.39 is 0 Å². The molecule has 3 heteroatoms. The maximum absolute atomic E-state index is 9.61. The lowest BCUT2D eigenvalue weighted by atomic mass is 10.0. The standard InChI is InChI=1S/C15H23NO2/c1-2-18-15-10-6-5-9-13(15)14(11-17)16-12-7-3-4-8-12/h5-6,9-10,12,14,16-17H,2-4,7-8,11H2,1H3. The first-order valence-electron chi connectivity index (χ1n) is 6.93. The van der Waals surface area contributed by atoms with Gasteiger partial charge in [-0.25, -0.2) is 0 Å². The van der Waals surface area contributed by atoms with E-state index in [0.717, 1.165) is 11.3 Å². The molecule has 0 spiro atoms. The van der Waals surface area contributed by atoms with Crippen molar-refractivity contribution in [3.8, 4) is 5.75 Å². The highest BCUT2D eigenvalue weighted by atomic mass is 16.5. The number of aliphatic hydroxyl groups excluding tert-OH is 1. The molecule has 1 aliphatic rings. The van der Waals surface area contributed by atoms with Gasteiger partial charge in [0.1, 0.15) is 5.75 Å². The van der Waals surface area contributed by atoms with Crippen molar-refractivity contribution in [2.45, 2.75) is 44.7 Å². The summed E-state index contributed by atoms with van der Waals surface area (Å²) in [5.74, 6) is 0.879. The lowest BCUT2D eigenvalue weighted by molar-refractivity contribution is 0.227. The van der Waals surface area contributed by atoms with Gasteiger partial charge in [-0.15, -0.1) is 0 Å². The number of para-hydroxylation sites is 1. The Morgan fingerprint density at radius 2 is 2.06 bits per heavy atom. The van der Waals surface area contributed by atoms with Crippen molar-refractivity contribution in [2.75, 3.05) is 13.2 Å². The Morgan fingerprint density at radius 1 is 1.33 bits per heavy atom. The number of hydrogen-bond donors (Lipinski definition) is 2. The summed E-state index contributed by atoms with van der Waals surface area (Å²) in [4.78, 5) is 0. The maximum atomic E-state index is 9.61. The second kappa shape index (κ2) is 6.76. The first kappa shape index (κ1) is 13.4. The van der Waals surface area contributed by atoms with Crippen LogP contribution in [0.5, 0.6) is 5.75 Å². The van der Waals surface area contributed by atoms with E-state index >= 15 is 0 Å². The highest BCUT2D eigenvalue weighted by molar-refractivity contribution is 5.36. The molecule has 0 heterocycles. The van der Waals surface area contributed by atoms with Crippen LogP contribution in [0.3, 0.4) is 0 Å². The first-order valence-corrected chi connectivity index (χ1v) is 6.93. The van der Waals surface area contributed by atoms with Crippen molar-refractivity contribution in [3.63, 3.8) is 0 Å². The highest BCUT2D eigenvalue weighted by Gasteiger charge is 2.21. The number of benzene rings is 1. The van der Waals surface area contributed by atoms with Gasteiger partial charge in [0.05, 0.1) is 19.3 Å². The molecule has 0 aliphatic heterocycles. The molecule has 1 aromatic carbocycles. The molecule has 1 unspecified atom stereocenters. The van der Waals surface area contributed by atoms with Crippen LogP contribution in [0.4, 0.5) is 0 Å². The maximum Gasteiger partial charge on any atom is 0.124 e. The summed E-state index contributed by atoms with van der Waals surface area (Å²) in [6.07, 6.45) is 5.02. The summed E-state index contributed by atoms with van der Waals surface area (Å²) in [5, 5.41) is 13.2. The summed E-state index contributed by atoms with van der Waals surface area (Å²) in [7, 11) is 0. The summed E-state index contributed by atoms with van der Waals surface area (Å²) in [6.45, 7) is 2.74. The minimum absolute atomic E-state index is 0.0177. The minimum Gasteiger partial charge on any atom is -0.494 e. The summed E-state index contributed by atoms with van der Waals surface area (Å²) >= 11 is 0. The summed E-state index contributed by atoms with van der Waals surface area (Å²) < 4.78 is 5.63. The monoisotopic (exact) mass is 249 g/mol. The van der Waals surface area contributed by atoms with Gasteiger partial charge in [-0.1, -0.05) is 31.0 Å². The molecule has 1 aromatic rings. The quantitative estimate of drug-likeness (QED) is 0.814.